The quantitative estimate of drug-likeness (QED) is 0.253. The molecule has 0 aromatic carbocycles. The minimum absolute atomic E-state index is 0. The molecule has 1 rings (SSSR count). The molecule has 1 saturated carbocycles. The molecule has 0 bridgehead atoms. The zero-order valence-electron chi connectivity index (χ0n) is 17.9. The second kappa shape index (κ2) is 14.0. The number of guanidine groups is 1. The molecule has 1 aliphatic rings. The van der Waals surface area contributed by atoms with E-state index in [-0.39, 0.29) is 24.0 Å². The average Bonchev–Trinajstić information content (AvgIpc) is 2.56. The molecular formula is C20H43IN4O. The van der Waals surface area contributed by atoms with E-state index in [1.807, 2.05) is 0 Å². The fourth-order valence-electron chi connectivity index (χ4n) is 3.88. The van der Waals surface area contributed by atoms with Gasteiger partial charge in [-0.3, -0.25) is 4.99 Å². The molecule has 1 aliphatic carbocycles. The van der Waals surface area contributed by atoms with Crippen LogP contribution >= 0.6 is 24.0 Å². The van der Waals surface area contributed by atoms with Gasteiger partial charge in [0.05, 0.1) is 0 Å². The van der Waals surface area contributed by atoms with Crippen molar-refractivity contribution in [2.24, 2.45) is 16.3 Å². The van der Waals surface area contributed by atoms with Gasteiger partial charge in [-0.1, -0.05) is 33.1 Å². The van der Waals surface area contributed by atoms with E-state index < -0.39 is 0 Å². The highest BCUT2D eigenvalue weighted by atomic mass is 127. The molecule has 1 atom stereocenters. The highest BCUT2D eigenvalue weighted by Crippen LogP contribution is 2.44. The minimum Gasteiger partial charge on any atom is -0.385 e. The predicted octanol–water partition coefficient (Wildman–Crippen LogP) is 3.73. The molecule has 6 heteroatoms. The third-order valence-electron chi connectivity index (χ3n) is 5.90. The van der Waals surface area contributed by atoms with Crippen molar-refractivity contribution in [1.82, 2.24) is 15.5 Å². The first-order valence-corrected chi connectivity index (χ1v) is 10.2. The third kappa shape index (κ3) is 8.30. The molecule has 26 heavy (non-hydrogen) atoms. The van der Waals surface area contributed by atoms with E-state index in [4.69, 9.17) is 9.73 Å². The topological polar surface area (TPSA) is 48.9 Å². The normalized spacial score (nSPS) is 17.6. The molecule has 0 saturated heterocycles. The number of hydrogen-bond acceptors (Lipinski definition) is 3. The number of methoxy groups -OCH3 is 1. The zero-order valence-corrected chi connectivity index (χ0v) is 20.3. The van der Waals surface area contributed by atoms with Gasteiger partial charge in [-0.15, -0.1) is 24.0 Å². The summed E-state index contributed by atoms with van der Waals surface area (Å²) in [7, 11) is 6.16. The van der Waals surface area contributed by atoms with E-state index in [9.17, 15) is 0 Å². The average molecular weight is 482 g/mol. The summed E-state index contributed by atoms with van der Waals surface area (Å²) in [6.45, 7) is 10.3. The van der Waals surface area contributed by atoms with Crippen molar-refractivity contribution >= 4 is 29.9 Å². The molecule has 0 amide bonds. The van der Waals surface area contributed by atoms with Crippen LogP contribution in [0.1, 0.15) is 59.3 Å². The lowest BCUT2D eigenvalue weighted by atomic mass is 9.67. The Kier molecular flexibility index (Phi) is 14.0. The summed E-state index contributed by atoms with van der Waals surface area (Å²) in [5, 5.41) is 7.01. The molecule has 5 nitrogen and oxygen atoms in total. The highest BCUT2D eigenvalue weighted by molar-refractivity contribution is 14.0. The molecule has 156 valence electrons. The number of rotatable bonds is 12. The molecule has 1 unspecified atom stereocenters. The summed E-state index contributed by atoms with van der Waals surface area (Å²) >= 11 is 0. The van der Waals surface area contributed by atoms with Gasteiger partial charge in [-0.25, -0.2) is 0 Å². The van der Waals surface area contributed by atoms with Crippen molar-refractivity contribution < 1.29 is 4.74 Å². The summed E-state index contributed by atoms with van der Waals surface area (Å²) in [5.74, 6) is 1.68. The Morgan fingerprint density at radius 1 is 1.15 bits per heavy atom. The van der Waals surface area contributed by atoms with Crippen molar-refractivity contribution in [2.45, 2.75) is 65.3 Å². The third-order valence-corrected chi connectivity index (χ3v) is 5.90. The van der Waals surface area contributed by atoms with Crippen LogP contribution in [0.3, 0.4) is 0 Å². The second-order valence-electron chi connectivity index (χ2n) is 7.78. The molecule has 0 spiro atoms. The van der Waals surface area contributed by atoms with Gasteiger partial charge in [0.2, 0.25) is 0 Å². The summed E-state index contributed by atoms with van der Waals surface area (Å²) in [5.41, 5.74) is 0.370. The molecule has 1 fully saturated rings. The van der Waals surface area contributed by atoms with Crippen molar-refractivity contribution in [1.29, 1.82) is 0 Å². The standard InChI is InChI=1S/C20H42N4O.HI/c1-7-17(8-2)18(24(4)5)15-22-19(21-9-3)23-16-20(11-10-12-20)13-14-25-6;/h17-18H,7-16H2,1-6H3,(H2,21,22,23);1H. The van der Waals surface area contributed by atoms with E-state index in [2.05, 4.69) is 50.4 Å². The van der Waals surface area contributed by atoms with Crippen LogP contribution in [0.15, 0.2) is 4.99 Å². The van der Waals surface area contributed by atoms with Crippen molar-refractivity contribution in [2.75, 3.05) is 47.4 Å². The van der Waals surface area contributed by atoms with Crippen LogP contribution < -0.4 is 10.6 Å². The van der Waals surface area contributed by atoms with Crippen LogP contribution in [0.25, 0.3) is 0 Å². The van der Waals surface area contributed by atoms with Gasteiger partial charge < -0.3 is 20.3 Å². The first-order valence-electron chi connectivity index (χ1n) is 10.2. The predicted molar refractivity (Wildman–Crippen MR) is 124 cm³/mol. The molecular weight excluding hydrogens is 439 g/mol. The largest absolute Gasteiger partial charge is 0.385 e. The number of likely N-dealkylation sites (N-methyl/N-ethyl adjacent to an activating group) is 1. The van der Waals surface area contributed by atoms with Gasteiger partial charge in [0.1, 0.15) is 0 Å². The van der Waals surface area contributed by atoms with Crippen LogP contribution in [0, 0.1) is 11.3 Å². The molecule has 0 aliphatic heterocycles. The maximum Gasteiger partial charge on any atom is 0.191 e. The van der Waals surface area contributed by atoms with Crippen molar-refractivity contribution in [3.63, 3.8) is 0 Å². The number of nitrogens with zero attached hydrogens (tertiary/aromatic N) is 2. The van der Waals surface area contributed by atoms with E-state index in [1.54, 1.807) is 7.11 Å². The van der Waals surface area contributed by atoms with Gasteiger partial charge in [0.15, 0.2) is 5.96 Å². The van der Waals surface area contributed by atoms with E-state index in [0.29, 0.717) is 17.4 Å². The first kappa shape index (κ1) is 25.9. The molecule has 0 heterocycles. The Labute approximate surface area is 179 Å². The summed E-state index contributed by atoms with van der Waals surface area (Å²) in [6, 6.07) is 0.532. The van der Waals surface area contributed by atoms with Crippen LogP contribution in [0.4, 0.5) is 0 Å². The summed E-state index contributed by atoms with van der Waals surface area (Å²) in [4.78, 5) is 7.27. The maximum absolute atomic E-state index is 5.30. The van der Waals surface area contributed by atoms with Crippen molar-refractivity contribution in [3.05, 3.63) is 0 Å². The van der Waals surface area contributed by atoms with Crippen LogP contribution in [-0.2, 0) is 4.74 Å². The Hall–Kier alpha value is -0.0800. The van der Waals surface area contributed by atoms with E-state index >= 15 is 0 Å². The van der Waals surface area contributed by atoms with Crippen LogP contribution in [-0.4, -0.2) is 64.3 Å². The Morgan fingerprint density at radius 3 is 2.23 bits per heavy atom. The van der Waals surface area contributed by atoms with Gasteiger partial charge in [-0.05, 0) is 51.6 Å². The minimum atomic E-state index is 0. The molecule has 0 radical (unpaired) electrons. The van der Waals surface area contributed by atoms with Crippen LogP contribution in [0.2, 0.25) is 0 Å². The monoisotopic (exact) mass is 482 g/mol. The smallest absolute Gasteiger partial charge is 0.191 e. The summed E-state index contributed by atoms with van der Waals surface area (Å²) in [6.07, 6.45) is 7.46. The molecule has 0 aromatic rings. The number of hydrogen-bond donors (Lipinski definition) is 2. The number of halogens is 1. The van der Waals surface area contributed by atoms with Crippen molar-refractivity contribution in [3.8, 4) is 0 Å². The van der Waals surface area contributed by atoms with Gasteiger partial charge >= 0.3 is 0 Å². The maximum atomic E-state index is 5.30. The lowest BCUT2D eigenvalue weighted by Crippen LogP contribution is -2.48. The van der Waals surface area contributed by atoms with E-state index in [0.717, 1.165) is 38.6 Å². The fourth-order valence-corrected chi connectivity index (χ4v) is 3.88. The van der Waals surface area contributed by atoms with Gasteiger partial charge in [-0.2, -0.15) is 0 Å². The molecule has 0 aromatic heterocycles. The SMILES string of the molecule is CCNC(=NCC1(CCOC)CCC1)NCC(C(CC)CC)N(C)C.I. The Bertz CT molecular complexity index is 382. The first-order chi connectivity index (χ1) is 12.0. The second-order valence-corrected chi connectivity index (χ2v) is 7.78. The Morgan fingerprint density at radius 2 is 1.81 bits per heavy atom. The number of ether oxygens (including phenoxy) is 1. The lowest BCUT2D eigenvalue weighted by Gasteiger charge is -2.41. The summed E-state index contributed by atoms with van der Waals surface area (Å²) < 4.78 is 5.30. The Balaban J connectivity index is 0.00000625. The van der Waals surface area contributed by atoms with Gasteiger partial charge in [0, 0.05) is 39.4 Å². The van der Waals surface area contributed by atoms with Crippen LogP contribution in [0.5, 0.6) is 0 Å². The molecule has 2 N–H and O–H groups in total. The number of aliphatic imine (C=N–C) groups is 1. The zero-order chi connectivity index (χ0) is 18.7. The highest BCUT2D eigenvalue weighted by Gasteiger charge is 2.36. The van der Waals surface area contributed by atoms with E-state index in [1.165, 1.54) is 32.1 Å². The lowest BCUT2D eigenvalue weighted by molar-refractivity contribution is 0.0778. The number of nitrogens with one attached hydrogen (secondary N) is 2. The van der Waals surface area contributed by atoms with Gasteiger partial charge in [0.25, 0.3) is 0 Å². The fraction of sp³-hybridized carbons (Fsp3) is 0.950.